The minimum absolute atomic E-state index is 0.655. The minimum Gasteiger partial charge on any atom is -0.492 e. The molecule has 3 nitrogen and oxygen atoms in total. The van der Waals surface area contributed by atoms with Crippen molar-refractivity contribution in [1.29, 1.82) is 0 Å². The first-order valence-corrected chi connectivity index (χ1v) is 7.55. The lowest BCUT2D eigenvalue weighted by atomic mass is 10.1. The minimum atomic E-state index is 0.655. The monoisotopic (exact) mass is 262 g/mol. The van der Waals surface area contributed by atoms with Crippen LogP contribution in [-0.2, 0) is 0 Å². The molecule has 0 bridgehead atoms. The van der Waals surface area contributed by atoms with Gasteiger partial charge in [0.1, 0.15) is 5.75 Å². The van der Waals surface area contributed by atoms with Crippen LogP contribution >= 0.6 is 0 Å². The summed E-state index contributed by atoms with van der Waals surface area (Å²) in [5.74, 6) is 1.02. The Morgan fingerprint density at radius 2 is 2.11 bits per heavy atom. The Morgan fingerprint density at radius 1 is 1.26 bits per heavy atom. The van der Waals surface area contributed by atoms with Crippen molar-refractivity contribution in [2.24, 2.45) is 0 Å². The summed E-state index contributed by atoms with van der Waals surface area (Å²) in [6, 6.07) is 9.07. The van der Waals surface area contributed by atoms with Crippen LogP contribution in [0.1, 0.15) is 33.1 Å². The summed E-state index contributed by atoms with van der Waals surface area (Å²) >= 11 is 0. The van der Waals surface area contributed by atoms with E-state index in [0.29, 0.717) is 6.04 Å². The van der Waals surface area contributed by atoms with Crippen LogP contribution in [0.4, 0.5) is 5.69 Å². The third-order valence-corrected chi connectivity index (χ3v) is 3.78. The van der Waals surface area contributed by atoms with E-state index in [0.717, 1.165) is 32.0 Å². The van der Waals surface area contributed by atoms with E-state index < -0.39 is 0 Å². The van der Waals surface area contributed by atoms with Gasteiger partial charge in [-0.05, 0) is 44.9 Å². The quantitative estimate of drug-likeness (QED) is 0.902. The number of para-hydroxylation sites is 2. The molecular formula is C16H26N2O. The van der Waals surface area contributed by atoms with Crippen molar-refractivity contribution in [3.8, 4) is 5.75 Å². The topological polar surface area (TPSA) is 24.5 Å². The zero-order valence-corrected chi connectivity index (χ0v) is 12.2. The lowest BCUT2D eigenvalue weighted by Gasteiger charge is -2.31. The Labute approximate surface area is 116 Å². The van der Waals surface area contributed by atoms with Crippen molar-refractivity contribution in [2.45, 2.75) is 39.2 Å². The molecule has 1 aliphatic heterocycles. The number of nitrogens with zero attached hydrogens (tertiary/aromatic N) is 1. The van der Waals surface area contributed by atoms with E-state index in [1.807, 2.05) is 6.92 Å². The van der Waals surface area contributed by atoms with Crippen LogP contribution in [0.5, 0.6) is 5.75 Å². The van der Waals surface area contributed by atoms with E-state index in [2.05, 4.69) is 41.4 Å². The third kappa shape index (κ3) is 3.87. The molecule has 19 heavy (non-hydrogen) atoms. The molecule has 1 saturated heterocycles. The van der Waals surface area contributed by atoms with Crippen LogP contribution in [0.15, 0.2) is 24.3 Å². The molecule has 0 amide bonds. The molecule has 1 unspecified atom stereocenters. The fraction of sp³-hybridized carbons (Fsp3) is 0.625. The highest BCUT2D eigenvalue weighted by atomic mass is 16.5. The Bertz CT molecular complexity index is 381. The van der Waals surface area contributed by atoms with Gasteiger partial charge in [-0.25, -0.2) is 0 Å². The summed E-state index contributed by atoms with van der Waals surface area (Å²) in [7, 11) is 0. The Morgan fingerprint density at radius 3 is 2.89 bits per heavy atom. The number of hydrogen-bond donors (Lipinski definition) is 1. The molecule has 2 rings (SSSR count). The van der Waals surface area contributed by atoms with Gasteiger partial charge in [0.2, 0.25) is 0 Å². The van der Waals surface area contributed by atoms with Crippen molar-refractivity contribution in [3.05, 3.63) is 24.3 Å². The largest absolute Gasteiger partial charge is 0.492 e. The van der Waals surface area contributed by atoms with E-state index in [9.17, 15) is 0 Å². The second-order valence-electron chi connectivity index (χ2n) is 5.09. The van der Waals surface area contributed by atoms with Crippen LogP contribution in [0.2, 0.25) is 0 Å². The molecule has 0 aliphatic carbocycles. The van der Waals surface area contributed by atoms with Crippen LogP contribution in [-0.4, -0.2) is 32.3 Å². The summed E-state index contributed by atoms with van der Waals surface area (Å²) in [6.07, 6.45) is 3.61. The van der Waals surface area contributed by atoms with Gasteiger partial charge in [-0.1, -0.05) is 19.1 Å². The molecule has 1 aliphatic rings. The first-order valence-electron chi connectivity index (χ1n) is 7.55. The lowest BCUT2D eigenvalue weighted by Crippen LogP contribution is -2.39. The highest BCUT2D eigenvalue weighted by Gasteiger charge is 2.16. The molecule has 1 aromatic carbocycles. The van der Waals surface area contributed by atoms with Crippen LogP contribution in [0, 0.1) is 0 Å². The van der Waals surface area contributed by atoms with Gasteiger partial charge in [0.25, 0.3) is 0 Å². The number of nitrogens with one attached hydrogen (secondary N) is 1. The first kappa shape index (κ1) is 14.2. The zero-order chi connectivity index (χ0) is 13.5. The standard InChI is InChI=1S/C16H26N2O/c1-3-14-10-13-18(12-7-11-17-14)15-8-5-6-9-16(15)19-4-2/h5-6,8-9,14,17H,3-4,7,10-13H2,1-2H3. The SMILES string of the molecule is CCOc1ccccc1N1CCCNC(CC)CC1. The average molecular weight is 262 g/mol. The van der Waals surface area contributed by atoms with E-state index in [1.54, 1.807) is 0 Å². The van der Waals surface area contributed by atoms with Crippen molar-refractivity contribution >= 4 is 5.69 Å². The number of anilines is 1. The summed E-state index contributed by atoms with van der Waals surface area (Å²) in [4.78, 5) is 2.48. The second-order valence-corrected chi connectivity index (χ2v) is 5.09. The molecule has 1 heterocycles. The number of benzene rings is 1. The van der Waals surface area contributed by atoms with Crippen LogP contribution in [0.25, 0.3) is 0 Å². The van der Waals surface area contributed by atoms with Crippen molar-refractivity contribution in [2.75, 3.05) is 31.1 Å². The lowest BCUT2D eigenvalue weighted by molar-refractivity contribution is 0.339. The zero-order valence-electron chi connectivity index (χ0n) is 12.2. The highest BCUT2D eigenvalue weighted by Crippen LogP contribution is 2.28. The number of rotatable bonds is 4. The molecule has 1 N–H and O–H groups in total. The predicted molar refractivity (Wildman–Crippen MR) is 81.1 cm³/mol. The van der Waals surface area contributed by atoms with Gasteiger partial charge in [0, 0.05) is 19.1 Å². The Balaban J connectivity index is 2.10. The van der Waals surface area contributed by atoms with Crippen LogP contribution < -0.4 is 15.0 Å². The van der Waals surface area contributed by atoms with Crippen molar-refractivity contribution in [3.63, 3.8) is 0 Å². The van der Waals surface area contributed by atoms with E-state index in [-0.39, 0.29) is 0 Å². The molecule has 1 atom stereocenters. The van der Waals surface area contributed by atoms with Gasteiger partial charge in [-0.3, -0.25) is 0 Å². The Hall–Kier alpha value is -1.22. The number of ether oxygens (including phenoxy) is 1. The summed E-state index contributed by atoms with van der Waals surface area (Å²) < 4.78 is 5.76. The van der Waals surface area contributed by atoms with Gasteiger partial charge < -0.3 is 15.0 Å². The van der Waals surface area contributed by atoms with Gasteiger partial charge in [0.15, 0.2) is 0 Å². The highest BCUT2D eigenvalue weighted by molar-refractivity contribution is 5.58. The Kier molecular flexibility index (Phi) is 5.52. The van der Waals surface area contributed by atoms with Gasteiger partial charge in [0.05, 0.1) is 12.3 Å². The smallest absolute Gasteiger partial charge is 0.142 e. The maximum atomic E-state index is 5.76. The molecule has 0 saturated carbocycles. The fourth-order valence-electron chi connectivity index (χ4n) is 2.69. The maximum absolute atomic E-state index is 5.76. The molecule has 1 aromatic rings. The van der Waals surface area contributed by atoms with E-state index in [1.165, 1.54) is 24.9 Å². The van der Waals surface area contributed by atoms with Crippen molar-refractivity contribution in [1.82, 2.24) is 5.32 Å². The molecular weight excluding hydrogens is 236 g/mol. The fourth-order valence-corrected chi connectivity index (χ4v) is 2.69. The van der Waals surface area contributed by atoms with Gasteiger partial charge >= 0.3 is 0 Å². The summed E-state index contributed by atoms with van der Waals surface area (Å²) in [5.41, 5.74) is 1.25. The molecule has 0 spiro atoms. The third-order valence-electron chi connectivity index (χ3n) is 3.78. The first-order chi connectivity index (χ1) is 9.35. The van der Waals surface area contributed by atoms with Crippen LogP contribution in [0.3, 0.4) is 0 Å². The van der Waals surface area contributed by atoms with E-state index in [4.69, 9.17) is 4.74 Å². The molecule has 0 aromatic heterocycles. The summed E-state index contributed by atoms with van der Waals surface area (Å²) in [6.45, 7) is 8.36. The van der Waals surface area contributed by atoms with Gasteiger partial charge in [-0.15, -0.1) is 0 Å². The van der Waals surface area contributed by atoms with Crippen molar-refractivity contribution < 1.29 is 4.74 Å². The summed E-state index contributed by atoms with van der Waals surface area (Å²) in [5, 5.41) is 3.63. The number of hydrogen-bond acceptors (Lipinski definition) is 3. The van der Waals surface area contributed by atoms with Gasteiger partial charge in [-0.2, -0.15) is 0 Å². The molecule has 106 valence electrons. The normalized spacial score (nSPS) is 20.7. The molecule has 1 fully saturated rings. The molecule has 3 heteroatoms. The second kappa shape index (κ2) is 7.39. The maximum Gasteiger partial charge on any atom is 0.142 e. The average Bonchev–Trinajstić information content (AvgIpc) is 2.41. The molecule has 0 radical (unpaired) electrons. The van der Waals surface area contributed by atoms with E-state index >= 15 is 0 Å². The predicted octanol–water partition coefficient (Wildman–Crippen LogP) is 3.05.